The fourth-order valence-corrected chi connectivity index (χ4v) is 3.68. The second-order valence-electron chi connectivity index (χ2n) is 7.02. The van der Waals surface area contributed by atoms with Crippen LogP contribution in [0.3, 0.4) is 0 Å². The molecule has 1 saturated heterocycles. The second kappa shape index (κ2) is 9.41. The van der Waals surface area contributed by atoms with E-state index >= 15 is 0 Å². The van der Waals surface area contributed by atoms with Crippen molar-refractivity contribution in [2.24, 2.45) is 0 Å². The lowest BCUT2D eigenvalue weighted by Gasteiger charge is -2.42. The van der Waals surface area contributed by atoms with E-state index in [1.165, 1.54) is 37.1 Å². The molecule has 3 heteroatoms. The summed E-state index contributed by atoms with van der Waals surface area (Å²) in [6, 6.07) is 10.3. The highest BCUT2D eigenvalue weighted by Crippen LogP contribution is 2.25. The summed E-state index contributed by atoms with van der Waals surface area (Å²) in [7, 11) is 0. The van der Waals surface area contributed by atoms with Gasteiger partial charge in [0.15, 0.2) is 0 Å². The third kappa shape index (κ3) is 5.30. The summed E-state index contributed by atoms with van der Waals surface area (Å²) in [5.74, 6) is 0. The van der Waals surface area contributed by atoms with Gasteiger partial charge in [-0.1, -0.05) is 43.7 Å². The number of rotatable bonds is 8. The van der Waals surface area contributed by atoms with Gasteiger partial charge in [-0.3, -0.25) is 4.90 Å². The normalized spacial score (nSPS) is 20.8. The molecular weight excluding hydrogens is 282 g/mol. The molecule has 0 saturated carbocycles. The first kappa shape index (κ1) is 18.4. The summed E-state index contributed by atoms with van der Waals surface area (Å²) in [4.78, 5) is 5.36. The third-order valence-electron chi connectivity index (χ3n) is 4.93. The van der Waals surface area contributed by atoms with E-state index < -0.39 is 0 Å². The molecule has 0 aromatic heterocycles. The molecule has 23 heavy (non-hydrogen) atoms. The van der Waals surface area contributed by atoms with Crippen molar-refractivity contribution in [3.8, 4) is 0 Å². The van der Waals surface area contributed by atoms with Gasteiger partial charge in [0, 0.05) is 38.3 Å². The SMILES string of the molecule is CCCN(CCC)CC(c1ccc(C)cc1)N1CCNCC1C. The number of benzene rings is 1. The maximum absolute atomic E-state index is 3.53. The van der Waals surface area contributed by atoms with Crippen LogP contribution in [0.5, 0.6) is 0 Å². The molecule has 1 fully saturated rings. The van der Waals surface area contributed by atoms with Crippen molar-refractivity contribution in [2.45, 2.75) is 52.6 Å². The molecule has 1 heterocycles. The molecule has 0 amide bonds. The first-order chi connectivity index (χ1) is 11.2. The zero-order valence-electron chi connectivity index (χ0n) is 15.5. The zero-order valence-corrected chi connectivity index (χ0v) is 15.5. The zero-order chi connectivity index (χ0) is 16.7. The number of nitrogens with one attached hydrogen (secondary N) is 1. The minimum Gasteiger partial charge on any atom is -0.314 e. The maximum atomic E-state index is 3.53. The van der Waals surface area contributed by atoms with Crippen molar-refractivity contribution in [3.63, 3.8) is 0 Å². The molecule has 1 N–H and O–H groups in total. The predicted octanol–water partition coefficient (Wildman–Crippen LogP) is 3.45. The smallest absolute Gasteiger partial charge is 0.0479 e. The van der Waals surface area contributed by atoms with Crippen LogP contribution in [0.25, 0.3) is 0 Å². The van der Waals surface area contributed by atoms with Gasteiger partial charge < -0.3 is 10.2 Å². The number of aryl methyl sites for hydroxylation is 1. The molecule has 3 nitrogen and oxygen atoms in total. The van der Waals surface area contributed by atoms with E-state index in [9.17, 15) is 0 Å². The molecule has 0 bridgehead atoms. The Hall–Kier alpha value is -0.900. The lowest BCUT2D eigenvalue weighted by molar-refractivity contribution is 0.0840. The van der Waals surface area contributed by atoms with E-state index in [-0.39, 0.29) is 0 Å². The second-order valence-corrected chi connectivity index (χ2v) is 7.02. The Morgan fingerprint density at radius 2 is 1.83 bits per heavy atom. The van der Waals surface area contributed by atoms with E-state index in [1.54, 1.807) is 0 Å². The van der Waals surface area contributed by atoms with E-state index in [0.29, 0.717) is 12.1 Å². The molecule has 1 aliphatic rings. The van der Waals surface area contributed by atoms with Crippen LogP contribution in [0.4, 0.5) is 0 Å². The van der Waals surface area contributed by atoms with Crippen LogP contribution in [0.15, 0.2) is 24.3 Å². The molecule has 1 aliphatic heterocycles. The number of hydrogen-bond acceptors (Lipinski definition) is 3. The van der Waals surface area contributed by atoms with E-state index in [1.807, 2.05) is 0 Å². The fraction of sp³-hybridized carbons (Fsp3) is 0.700. The maximum Gasteiger partial charge on any atom is 0.0479 e. The van der Waals surface area contributed by atoms with Crippen LogP contribution < -0.4 is 5.32 Å². The summed E-state index contributed by atoms with van der Waals surface area (Å²) in [6.07, 6.45) is 2.47. The molecule has 2 unspecified atom stereocenters. The van der Waals surface area contributed by atoms with Gasteiger partial charge in [-0.15, -0.1) is 0 Å². The highest BCUT2D eigenvalue weighted by Gasteiger charge is 2.28. The summed E-state index contributed by atoms with van der Waals surface area (Å²) >= 11 is 0. The molecular formula is C20H35N3. The van der Waals surface area contributed by atoms with Crippen molar-refractivity contribution in [2.75, 3.05) is 39.3 Å². The van der Waals surface area contributed by atoms with Crippen molar-refractivity contribution in [1.82, 2.24) is 15.1 Å². The Labute approximate surface area is 143 Å². The number of hydrogen-bond donors (Lipinski definition) is 1. The van der Waals surface area contributed by atoms with Crippen molar-refractivity contribution < 1.29 is 0 Å². The average Bonchev–Trinajstić information content (AvgIpc) is 2.55. The van der Waals surface area contributed by atoms with Crippen LogP contribution >= 0.6 is 0 Å². The molecule has 0 spiro atoms. The Balaban J connectivity index is 2.20. The van der Waals surface area contributed by atoms with Crippen LogP contribution in [-0.2, 0) is 0 Å². The first-order valence-electron chi connectivity index (χ1n) is 9.41. The molecule has 130 valence electrons. The van der Waals surface area contributed by atoms with Crippen LogP contribution in [-0.4, -0.2) is 55.1 Å². The van der Waals surface area contributed by atoms with Gasteiger partial charge in [0.2, 0.25) is 0 Å². The topological polar surface area (TPSA) is 18.5 Å². The van der Waals surface area contributed by atoms with E-state index in [4.69, 9.17) is 0 Å². The first-order valence-corrected chi connectivity index (χ1v) is 9.41. The largest absolute Gasteiger partial charge is 0.314 e. The Bertz CT molecular complexity index is 437. The fourth-order valence-electron chi connectivity index (χ4n) is 3.68. The van der Waals surface area contributed by atoms with Gasteiger partial charge in [-0.25, -0.2) is 0 Å². The monoisotopic (exact) mass is 317 g/mol. The summed E-state index contributed by atoms with van der Waals surface area (Å²) in [5.41, 5.74) is 2.82. The Kier molecular flexibility index (Phi) is 7.54. The summed E-state index contributed by atoms with van der Waals surface area (Å²) in [6.45, 7) is 16.0. The molecule has 2 rings (SSSR count). The van der Waals surface area contributed by atoms with Crippen molar-refractivity contribution in [3.05, 3.63) is 35.4 Å². The van der Waals surface area contributed by atoms with E-state index in [0.717, 1.165) is 26.2 Å². The van der Waals surface area contributed by atoms with Gasteiger partial charge in [0.1, 0.15) is 0 Å². The molecule has 2 atom stereocenters. The van der Waals surface area contributed by atoms with Crippen molar-refractivity contribution >= 4 is 0 Å². The molecule has 0 aliphatic carbocycles. The lowest BCUT2D eigenvalue weighted by Crippen LogP contribution is -2.53. The van der Waals surface area contributed by atoms with E-state index in [2.05, 4.69) is 67.1 Å². The van der Waals surface area contributed by atoms with Crippen LogP contribution in [0, 0.1) is 6.92 Å². The predicted molar refractivity (Wildman–Crippen MR) is 100.0 cm³/mol. The quantitative estimate of drug-likeness (QED) is 0.792. The van der Waals surface area contributed by atoms with Crippen molar-refractivity contribution in [1.29, 1.82) is 0 Å². The molecule has 1 aromatic carbocycles. The standard InChI is InChI=1S/C20H35N3/c1-5-12-22(13-6-2)16-20(19-9-7-17(3)8-10-19)23-14-11-21-15-18(23)4/h7-10,18,20-21H,5-6,11-16H2,1-4H3. The van der Waals surface area contributed by atoms with Gasteiger partial charge in [-0.2, -0.15) is 0 Å². The Morgan fingerprint density at radius 3 is 2.39 bits per heavy atom. The minimum atomic E-state index is 0.505. The van der Waals surface area contributed by atoms with Gasteiger partial charge in [0.05, 0.1) is 0 Å². The number of nitrogens with zero attached hydrogens (tertiary/aromatic N) is 2. The lowest BCUT2D eigenvalue weighted by atomic mass is 10.00. The van der Waals surface area contributed by atoms with Crippen LogP contribution in [0.1, 0.15) is 50.8 Å². The number of piperazine rings is 1. The minimum absolute atomic E-state index is 0.505. The average molecular weight is 318 g/mol. The molecule has 1 aromatic rings. The Morgan fingerprint density at radius 1 is 1.17 bits per heavy atom. The summed E-state index contributed by atoms with van der Waals surface area (Å²) in [5, 5.41) is 3.53. The summed E-state index contributed by atoms with van der Waals surface area (Å²) < 4.78 is 0. The third-order valence-corrected chi connectivity index (χ3v) is 4.93. The highest BCUT2D eigenvalue weighted by molar-refractivity contribution is 5.25. The highest BCUT2D eigenvalue weighted by atomic mass is 15.3. The van der Waals surface area contributed by atoms with Gasteiger partial charge in [-0.05, 0) is 45.3 Å². The van der Waals surface area contributed by atoms with Gasteiger partial charge in [0.25, 0.3) is 0 Å². The molecule has 0 radical (unpaired) electrons. The van der Waals surface area contributed by atoms with Crippen LogP contribution in [0.2, 0.25) is 0 Å². The van der Waals surface area contributed by atoms with Gasteiger partial charge >= 0.3 is 0 Å².